The summed E-state index contributed by atoms with van der Waals surface area (Å²) < 4.78 is 38.5. The fourth-order valence-electron chi connectivity index (χ4n) is 2.75. The number of carboxylic acid groups (broad SMARTS) is 1. The van der Waals surface area contributed by atoms with Crippen LogP contribution in [0.25, 0.3) is 0 Å². The van der Waals surface area contributed by atoms with Crippen LogP contribution < -0.4 is 4.90 Å². The van der Waals surface area contributed by atoms with E-state index in [0.29, 0.717) is 25.2 Å². The van der Waals surface area contributed by atoms with Crippen molar-refractivity contribution in [2.24, 2.45) is 0 Å². The molecule has 1 atom stereocenters. The van der Waals surface area contributed by atoms with Crippen molar-refractivity contribution in [3.05, 3.63) is 41.1 Å². The van der Waals surface area contributed by atoms with Crippen LogP contribution in [0.4, 0.5) is 18.9 Å². The summed E-state index contributed by atoms with van der Waals surface area (Å²) in [4.78, 5) is 26.0. The van der Waals surface area contributed by atoms with E-state index in [4.69, 9.17) is 16.7 Å². The van der Waals surface area contributed by atoms with Crippen molar-refractivity contribution in [2.45, 2.75) is 32.0 Å². The molecule has 9 heteroatoms. The Morgan fingerprint density at radius 3 is 2.65 bits per heavy atom. The summed E-state index contributed by atoms with van der Waals surface area (Å²) in [6.07, 6.45) is -1.43. The second kappa shape index (κ2) is 7.99. The minimum Gasteiger partial charge on any atom is -0.481 e. The number of amides is 1. The molecule has 0 fully saturated rings. The topological polar surface area (TPSA) is 60.9 Å². The first-order valence-corrected chi connectivity index (χ1v) is 8.31. The number of carboxylic acids is 1. The van der Waals surface area contributed by atoms with Crippen molar-refractivity contribution < 1.29 is 27.9 Å². The van der Waals surface area contributed by atoms with Gasteiger partial charge in [-0.1, -0.05) is 11.6 Å². The zero-order valence-electron chi connectivity index (χ0n) is 14.0. The van der Waals surface area contributed by atoms with Gasteiger partial charge in [0.15, 0.2) is 0 Å². The maximum absolute atomic E-state index is 12.8. The monoisotopic (exact) mass is 390 g/mol. The van der Waals surface area contributed by atoms with Gasteiger partial charge in [0.2, 0.25) is 5.91 Å². The van der Waals surface area contributed by atoms with Crippen molar-refractivity contribution in [2.75, 3.05) is 18.0 Å². The SMILES string of the molecule is CC1CN(CCCC(=O)O)C(=O)C=CN1c1ccc(C(F)(F)F)c(Cl)c1. The lowest BCUT2D eigenvalue weighted by molar-refractivity contribution is -0.138. The van der Waals surface area contributed by atoms with Gasteiger partial charge in [0.05, 0.1) is 10.6 Å². The van der Waals surface area contributed by atoms with E-state index >= 15 is 0 Å². The number of halogens is 4. The number of hydrogen-bond acceptors (Lipinski definition) is 3. The summed E-state index contributed by atoms with van der Waals surface area (Å²) in [5.74, 6) is -1.21. The highest BCUT2D eigenvalue weighted by atomic mass is 35.5. The van der Waals surface area contributed by atoms with Gasteiger partial charge in [-0.05, 0) is 31.5 Å². The summed E-state index contributed by atoms with van der Waals surface area (Å²) >= 11 is 5.77. The van der Waals surface area contributed by atoms with Gasteiger partial charge < -0.3 is 14.9 Å². The van der Waals surface area contributed by atoms with Gasteiger partial charge in [-0.25, -0.2) is 0 Å². The van der Waals surface area contributed by atoms with E-state index in [1.807, 2.05) is 6.92 Å². The van der Waals surface area contributed by atoms with Crippen LogP contribution in [0.2, 0.25) is 5.02 Å². The van der Waals surface area contributed by atoms with Crippen LogP contribution in [0, 0.1) is 0 Å². The van der Waals surface area contributed by atoms with Crippen molar-refractivity contribution in [1.82, 2.24) is 4.90 Å². The van der Waals surface area contributed by atoms with E-state index < -0.39 is 22.7 Å². The Hall–Kier alpha value is -2.22. The van der Waals surface area contributed by atoms with Crippen LogP contribution in [0.5, 0.6) is 0 Å². The number of alkyl halides is 3. The molecule has 142 valence electrons. The number of carbonyl (C=O) groups excluding carboxylic acids is 1. The Kier molecular flexibility index (Phi) is 6.17. The van der Waals surface area contributed by atoms with Gasteiger partial charge in [-0.3, -0.25) is 9.59 Å². The predicted octanol–water partition coefficient (Wildman–Crippen LogP) is 3.77. The van der Waals surface area contributed by atoms with E-state index in [-0.39, 0.29) is 18.4 Å². The van der Waals surface area contributed by atoms with Crippen LogP contribution in [-0.4, -0.2) is 41.0 Å². The van der Waals surface area contributed by atoms with Crippen LogP contribution in [0.3, 0.4) is 0 Å². The van der Waals surface area contributed by atoms with E-state index in [9.17, 15) is 22.8 Å². The maximum atomic E-state index is 12.8. The number of benzene rings is 1. The summed E-state index contributed by atoms with van der Waals surface area (Å²) in [5.41, 5.74) is -0.479. The Balaban J connectivity index is 2.17. The number of aliphatic carboxylic acids is 1. The highest BCUT2D eigenvalue weighted by molar-refractivity contribution is 6.31. The number of hydrogen-bond donors (Lipinski definition) is 1. The van der Waals surface area contributed by atoms with Gasteiger partial charge in [0.25, 0.3) is 0 Å². The first-order valence-electron chi connectivity index (χ1n) is 7.93. The predicted molar refractivity (Wildman–Crippen MR) is 91.0 cm³/mol. The minimum absolute atomic E-state index is 0.0416. The quantitative estimate of drug-likeness (QED) is 0.831. The Morgan fingerprint density at radius 2 is 2.08 bits per heavy atom. The van der Waals surface area contributed by atoms with Crippen LogP contribution in [0.1, 0.15) is 25.3 Å². The highest BCUT2D eigenvalue weighted by Gasteiger charge is 2.33. The lowest BCUT2D eigenvalue weighted by Gasteiger charge is -2.30. The van der Waals surface area contributed by atoms with Crippen LogP contribution in [0.15, 0.2) is 30.5 Å². The third kappa shape index (κ3) is 4.91. The normalized spacial score (nSPS) is 18.2. The molecule has 1 aliphatic heterocycles. The molecule has 1 aromatic rings. The molecule has 1 amide bonds. The maximum Gasteiger partial charge on any atom is 0.417 e. The highest BCUT2D eigenvalue weighted by Crippen LogP contribution is 2.37. The molecular weight excluding hydrogens is 373 g/mol. The molecule has 1 unspecified atom stereocenters. The Labute approximate surface area is 153 Å². The third-order valence-electron chi connectivity index (χ3n) is 4.02. The van der Waals surface area contributed by atoms with Gasteiger partial charge in [-0.15, -0.1) is 0 Å². The molecule has 5 nitrogen and oxygen atoms in total. The molecule has 0 aliphatic carbocycles. The second-order valence-electron chi connectivity index (χ2n) is 6.02. The Morgan fingerprint density at radius 1 is 1.38 bits per heavy atom. The van der Waals surface area contributed by atoms with Gasteiger partial charge in [0.1, 0.15) is 0 Å². The molecular formula is C17H18ClF3N2O3. The molecule has 1 N–H and O–H groups in total. The molecule has 0 bridgehead atoms. The van der Waals surface area contributed by atoms with Crippen molar-refractivity contribution >= 4 is 29.2 Å². The van der Waals surface area contributed by atoms with Gasteiger partial charge in [-0.2, -0.15) is 13.2 Å². The van der Waals surface area contributed by atoms with E-state index in [2.05, 4.69) is 0 Å². The molecule has 0 radical (unpaired) electrons. The van der Waals surface area contributed by atoms with Gasteiger partial charge >= 0.3 is 12.1 Å². The second-order valence-corrected chi connectivity index (χ2v) is 6.42. The number of carbonyl (C=O) groups is 2. The summed E-state index contributed by atoms with van der Waals surface area (Å²) in [6, 6.07) is 3.21. The summed E-state index contributed by atoms with van der Waals surface area (Å²) in [5, 5.41) is 8.28. The molecule has 1 aliphatic rings. The van der Waals surface area contributed by atoms with Gasteiger partial charge in [0, 0.05) is 43.5 Å². The standard InChI is InChI=1S/C17H18ClF3N2O3/c1-11-10-22(7-2-3-16(25)26)15(24)6-8-23(11)12-4-5-13(14(18)9-12)17(19,20)21/h4-6,8-9,11H,2-3,7,10H2,1H3,(H,25,26). The molecule has 2 rings (SSSR count). The number of nitrogens with zero attached hydrogens (tertiary/aromatic N) is 2. The van der Waals surface area contributed by atoms with E-state index in [1.165, 1.54) is 29.3 Å². The smallest absolute Gasteiger partial charge is 0.417 e. The first-order chi connectivity index (χ1) is 12.1. The average molecular weight is 391 g/mol. The summed E-state index contributed by atoms with van der Waals surface area (Å²) in [7, 11) is 0. The summed E-state index contributed by atoms with van der Waals surface area (Å²) in [6.45, 7) is 2.42. The minimum atomic E-state index is -4.53. The lowest BCUT2D eigenvalue weighted by atomic mass is 10.1. The molecule has 1 aromatic carbocycles. The largest absolute Gasteiger partial charge is 0.481 e. The third-order valence-corrected chi connectivity index (χ3v) is 4.34. The number of rotatable bonds is 5. The lowest BCUT2D eigenvalue weighted by Crippen LogP contribution is -2.40. The molecule has 26 heavy (non-hydrogen) atoms. The molecule has 0 spiro atoms. The zero-order chi connectivity index (χ0) is 19.5. The van der Waals surface area contributed by atoms with Crippen molar-refractivity contribution in [1.29, 1.82) is 0 Å². The van der Waals surface area contributed by atoms with Crippen molar-refractivity contribution in [3.8, 4) is 0 Å². The molecule has 0 saturated heterocycles. The van der Waals surface area contributed by atoms with Crippen LogP contribution >= 0.6 is 11.6 Å². The zero-order valence-corrected chi connectivity index (χ0v) is 14.7. The fourth-order valence-corrected chi connectivity index (χ4v) is 3.03. The fraction of sp³-hybridized carbons (Fsp3) is 0.412. The van der Waals surface area contributed by atoms with Crippen molar-refractivity contribution in [3.63, 3.8) is 0 Å². The Bertz CT molecular complexity index is 722. The van der Waals surface area contributed by atoms with E-state index in [1.54, 1.807) is 4.90 Å². The number of anilines is 1. The average Bonchev–Trinajstić information content (AvgIpc) is 2.65. The first kappa shape index (κ1) is 20.1. The molecule has 1 heterocycles. The van der Waals surface area contributed by atoms with Crippen LogP contribution in [-0.2, 0) is 15.8 Å². The van der Waals surface area contributed by atoms with E-state index in [0.717, 1.165) is 6.07 Å². The molecule has 0 saturated carbocycles. The molecule has 0 aromatic heterocycles.